The molecular formula is C14H16ClNO3. The first-order chi connectivity index (χ1) is 9.29. The fourth-order valence-electron chi connectivity index (χ4n) is 2.61. The monoisotopic (exact) mass is 281 g/mol. The van der Waals surface area contributed by atoms with E-state index < -0.39 is 6.10 Å². The third-order valence-corrected chi connectivity index (χ3v) is 3.98. The molecule has 0 aromatic heterocycles. The highest BCUT2D eigenvalue weighted by Gasteiger charge is 2.36. The first-order valence-corrected chi connectivity index (χ1v) is 7.08. The molecule has 1 fully saturated rings. The first-order valence-electron chi connectivity index (χ1n) is 6.54. The lowest BCUT2D eigenvalue weighted by molar-refractivity contribution is -0.141. The molecule has 0 bridgehead atoms. The van der Waals surface area contributed by atoms with Crippen LogP contribution in [-0.4, -0.2) is 42.0 Å². The Bertz CT molecular complexity index is 480. The zero-order valence-corrected chi connectivity index (χ0v) is 11.3. The number of alkyl halides is 1. The van der Waals surface area contributed by atoms with Crippen molar-refractivity contribution < 1.29 is 14.3 Å². The number of hydrogen-bond acceptors (Lipinski definition) is 3. The number of hydrogen-bond donors (Lipinski definition) is 0. The predicted octanol–water partition coefficient (Wildman–Crippen LogP) is 2.06. The van der Waals surface area contributed by atoms with Crippen molar-refractivity contribution >= 4 is 17.5 Å². The van der Waals surface area contributed by atoms with E-state index in [1.165, 1.54) is 0 Å². The largest absolute Gasteiger partial charge is 0.485 e. The highest BCUT2D eigenvalue weighted by Crippen LogP contribution is 2.32. The second-order valence-corrected chi connectivity index (χ2v) is 5.15. The molecule has 102 valence electrons. The summed E-state index contributed by atoms with van der Waals surface area (Å²) < 4.78 is 11.3. The molecular weight excluding hydrogens is 266 g/mol. The van der Waals surface area contributed by atoms with Crippen LogP contribution in [0.4, 0.5) is 0 Å². The first kappa shape index (κ1) is 12.6. The molecule has 5 heteroatoms. The molecule has 0 aliphatic carbocycles. The molecule has 3 rings (SSSR count). The quantitative estimate of drug-likeness (QED) is 0.779. The maximum atomic E-state index is 12.4. The fraction of sp³-hybridized carbons (Fsp3) is 0.500. The second kappa shape index (κ2) is 5.29. The van der Waals surface area contributed by atoms with Crippen molar-refractivity contribution in [1.29, 1.82) is 0 Å². The molecule has 0 spiro atoms. The molecule has 0 N–H and O–H groups in total. The number of benzene rings is 1. The van der Waals surface area contributed by atoms with Gasteiger partial charge in [-0.3, -0.25) is 4.79 Å². The number of nitrogens with zero attached hydrogens (tertiary/aromatic N) is 1. The van der Waals surface area contributed by atoms with E-state index in [-0.39, 0.29) is 18.6 Å². The maximum Gasteiger partial charge on any atom is 0.267 e. The van der Waals surface area contributed by atoms with Crippen LogP contribution in [0.15, 0.2) is 24.3 Å². The van der Waals surface area contributed by atoms with Gasteiger partial charge in [0.1, 0.15) is 6.61 Å². The van der Waals surface area contributed by atoms with Crippen LogP contribution in [0, 0.1) is 0 Å². The number of halogens is 1. The molecule has 2 heterocycles. The van der Waals surface area contributed by atoms with Gasteiger partial charge in [0.25, 0.3) is 5.91 Å². The number of ether oxygens (including phenoxy) is 2. The Balaban J connectivity index is 1.72. The average Bonchev–Trinajstić information content (AvgIpc) is 2.94. The standard InChI is InChI=1S/C14H16ClNO3/c15-8-10-4-3-7-16(10)14(17)13-9-18-11-5-1-2-6-12(11)19-13/h1-2,5-6,10,13H,3-4,7-9H2. The van der Waals surface area contributed by atoms with Crippen LogP contribution in [0.3, 0.4) is 0 Å². The van der Waals surface area contributed by atoms with Gasteiger partial charge in [-0.05, 0) is 25.0 Å². The average molecular weight is 282 g/mol. The van der Waals surface area contributed by atoms with Crippen molar-refractivity contribution in [3.05, 3.63) is 24.3 Å². The molecule has 2 aliphatic heterocycles. The molecule has 1 amide bonds. The molecule has 1 saturated heterocycles. The number of carbonyl (C=O) groups is 1. The molecule has 4 nitrogen and oxygen atoms in total. The van der Waals surface area contributed by atoms with Crippen molar-refractivity contribution in [3.8, 4) is 11.5 Å². The molecule has 2 aliphatic rings. The van der Waals surface area contributed by atoms with E-state index in [1.807, 2.05) is 29.2 Å². The lowest BCUT2D eigenvalue weighted by Crippen LogP contribution is -2.48. The van der Waals surface area contributed by atoms with E-state index in [9.17, 15) is 4.79 Å². The summed E-state index contributed by atoms with van der Waals surface area (Å²) in [6, 6.07) is 7.54. The van der Waals surface area contributed by atoms with Crippen LogP contribution in [0.25, 0.3) is 0 Å². The topological polar surface area (TPSA) is 38.8 Å². The highest BCUT2D eigenvalue weighted by atomic mass is 35.5. The van der Waals surface area contributed by atoms with Crippen LogP contribution < -0.4 is 9.47 Å². The van der Waals surface area contributed by atoms with Gasteiger partial charge in [-0.2, -0.15) is 0 Å². The maximum absolute atomic E-state index is 12.4. The number of para-hydroxylation sites is 2. The summed E-state index contributed by atoms with van der Waals surface area (Å²) in [6.07, 6.45) is 1.42. The van der Waals surface area contributed by atoms with Gasteiger partial charge >= 0.3 is 0 Å². The van der Waals surface area contributed by atoms with Gasteiger partial charge in [-0.15, -0.1) is 11.6 Å². The van der Waals surface area contributed by atoms with Gasteiger partial charge in [0.2, 0.25) is 6.10 Å². The minimum atomic E-state index is -0.557. The number of rotatable bonds is 2. The zero-order chi connectivity index (χ0) is 13.2. The van der Waals surface area contributed by atoms with Crippen LogP contribution in [0.1, 0.15) is 12.8 Å². The predicted molar refractivity (Wildman–Crippen MR) is 71.8 cm³/mol. The minimum absolute atomic E-state index is 0.0161. The Morgan fingerprint density at radius 1 is 1.37 bits per heavy atom. The van der Waals surface area contributed by atoms with Crippen molar-refractivity contribution in [2.24, 2.45) is 0 Å². The molecule has 2 atom stereocenters. The van der Waals surface area contributed by atoms with Crippen LogP contribution in [-0.2, 0) is 4.79 Å². The van der Waals surface area contributed by atoms with E-state index in [2.05, 4.69) is 0 Å². The summed E-state index contributed by atoms with van der Waals surface area (Å²) in [4.78, 5) is 14.3. The highest BCUT2D eigenvalue weighted by molar-refractivity contribution is 6.18. The van der Waals surface area contributed by atoms with Crippen molar-refractivity contribution in [2.45, 2.75) is 25.0 Å². The molecule has 2 unspecified atom stereocenters. The number of fused-ring (bicyclic) bond motifs is 1. The number of carbonyl (C=O) groups excluding carboxylic acids is 1. The van der Waals surface area contributed by atoms with E-state index in [0.29, 0.717) is 17.4 Å². The van der Waals surface area contributed by atoms with Gasteiger partial charge in [0.15, 0.2) is 11.5 Å². The Morgan fingerprint density at radius 2 is 2.16 bits per heavy atom. The molecule has 19 heavy (non-hydrogen) atoms. The Kier molecular flexibility index (Phi) is 3.51. The van der Waals surface area contributed by atoms with Crippen LogP contribution in [0.2, 0.25) is 0 Å². The van der Waals surface area contributed by atoms with E-state index >= 15 is 0 Å². The van der Waals surface area contributed by atoms with Crippen molar-refractivity contribution in [3.63, 3.8) is 0 Å². The third kappa shape index (κ3) is 2.37. The SMILES string of the molecule is O=C(C1COc2ccccc2O1)N1CCCC1CCl. The molecule has 1 aromatic rings. The number of likely N-dealkylation sites (tertiary alicyclic amines) is 1. The molecule has 0 saturated carbocycles. The Labute approximate surface area is 117 Å². The molecule has 1 aromatic carbocycles. The second-order valence-electron chi connectivity index (χ2n) is 4.85. The van der Waals surface area contributed by atoms with Crippen LogP contribution in [0.5, 0.6) is 11.5 Å². The third-order valence-electron chi connectivity index (χ3n) is 3.62. The van der Waals surface area contributed by atoms with Gasteiger partial charge in [-0.25, -0.2) is 0 Å². The normalized spacial score (nSPS) is 25.4. The van der Waals surface area contributed by atoms with E-state index in [4.69, 9.17) is 21.1 Å². The number of amides is 1. The minimum Gasteiger partial charge on any atom is -0.485 e. The lowest BCUT2D eigenvalue weighted by atomic mass is 10.2. The van der Waals surface area contributed by atoms with Crippen LogP contribution >= 0.6 is 11.6 Å². The van der Waals surface area contributed by atoms with E-state index in [1.54, 1.807) is 0 Å². The molecule has 0 radical (unpaired) electrons. The lowest BCUT2D eigenvalue weighted by Gasteiger charge is -2.31. The van der Waals surface area contributed by atoms with Crippen molar-refractivity contribution in [1.82, 2.24) is 4.90 Å². The summed E-state index contributed by atoms with van der Waals surface area (Å²) in [6.45, 7) is 1.03. The summed E-state index contributed by atoms with van der Waals surface area (Å²) in [5.74, 6) is 1.80. The Hall–Kier alpha value is -1.42. The summed E-state index contributed by atoms with van der Waals surface area (Å²) in [5, 5.41) is 0. The van der Waals surface area contributed by atoms with Gasteiger partial charge < -0.3 is 14.4 Å². The Morgan fingerprint density at radius 3 is 2.95 bits per heavy atom. The summed E-state index contributed by atoms with van der Waals surface area (Å²) in [7, 11) is 0. The van der Waals surface area contributed by atoms with E-state index in [0.717, 1.165) is 19.4 Å². The summed E-state index contributed by atoms with van der Waals surface area (Å²) in [5.41, 5.74) is 0. The van der Waals surface area contributed by atoms with Gasteiger partial charge in [0.05, 0.1) is 0 Å². The zero-order valence-electron chi connectivity index (χ0n) is 10.5. The van der Waals surface area contributed by atoms with Gasteiger partial charge in [0, 0.05) is 18.5 Å². The fourth-order valence-corrected chi connectivity index (χ4v) is 2.93. The van der Waals surface area contributed by atoms with Gasteiger partial charge in [-0.1, -0.05) is 12.1 Å². The van der Waals surface area contributed by atoms with Crippen molar-refractivity contribution in [2.75, 3.05) is 19.0 Å². The smallest absolute Gasteiger partial charge is 0.267 e. The summed E-state index contributed by atoms with van der Waals surface area (Å²) >= 11 is 5.90.